The van der Waals surface area contributed by atoms with Crippen LogP contribution in [0, 0.1) is 5.41 Å². The van der Waals surface area contributed by atoms with Gasteiger partial charge in [0.1, 0.15) is 0 Å². The van der Waals surface area contributed by atoms with E-state index < -0.39 is 0 Å². The summed E-state index contributed by atoms with van der Waals surface area (Å²) in [5.41, 5.74) is 3.17. The van der Waals surface area contributed by atoms with Crippen molar-refractivity contribution in [1.29, 1.82) is 5.41 Å². The molecule has 2 N–H and O–H groups in total. The van der Waals surface area contributed by atoms with Gasteiger partial charge in [-0.05, 0) is 12.1 Å². The predicted molar refractivity (Wildman–Crippen MR) is 83.1 cm³/mol. The molecule has 0 heterocycles. The second-order valence-corrected chi connectivity index (χ2v) is 4.19. The van der Waals surface area contributed by atoms with Gasteiger partial charge in [0, 0.05) is 23.9 Å². The summed E-state index contributed by atoms with van der Waals surface area (Å²) in [4.78, 5) is 0. The van der Waals surface area contributed by atoms with E-state index in [1.807, 2.05) is 61.6 Å². The SMILES string of the molecule is C=C(N=NC(=N)c1ccccc1)c1ccc(NC)cc1. The summed E-state index contributed by atoms with van der Waals surface area (Å²) in [5.74, 6) is 0.124. The van der Waals surface area contributed by atoms with Crippen molar-refractivity contribution >= 4 is 17.2 Å². The molecule has 0 aliphatic rings. The standard InChI is InChI=1S/C16H16N4/c1-12(13-8-10-15(18-2)11-9-13)19-20-16(17)14-6-4-3-5-7-14/h3-11,17-18H,1H2,2H3. The Bertz CT molecular complexity index is 627. The molecule has 2 aromatic rings. The molecule has 0 aromatic heterocycles. The first kappa shape index (κ1) is 13.7. The summed E-state index contributed by atoms with van der Waals surface area (Å²) in [6.45, 7) is 3.87. The second kappa shape index (κ2) is 6.43. The summed E-state index contributed by atoms with van der Waals surface area (Å²) in [6.07, 6.45) is 0. The van der Waals surface area contributed by atoms with Crippen LogP contribution in [0.3, 0.4) is 0 Å². The number of anilines is 1. The normalized spacial score (nSPS) is 10.4. The summed E-state index contributed by atoms with van der Waals surface area (Å²) in [6, 6.07) is 17.0. The third-order valence-corrected chi connectivity index (χ3v) is 2.82. The van der Waals surface area contributed by atoms with Crippen LogP contribution >= 0.6 is 0 Å². The van der Waals surface area contributed by atoms with Gasteiger partial charge in [-0.1, -0.05) is 49.0 Å². The highest BCUT2D eigenvalue weighted by Crippen LogP contribution is 2.17. The van der Waals surface area contributed by atoms with Crippen molar-refractivity contribution in [3.63, 3.8) is 0 Å². The highest BCUT2D eigenvalue weighted by Gasteiger charge is 2.00. The zero-order valence-electron chi connectivity index (χ0n) is 11.3. The Morgan fingerprint density at radius 1 is 0.950 bits per heavy atom. The Balaban J connectivity index is 2.07. The van der Waals surface area contributed by atoms with E-state index in [0.29, 0.717) is 5.70 Å². The Kier molecular flexibility index (Phi) is 4.39. The number of hydrogen-bond acceptors (Lipinski definition) is 3. The Morgan fingerprint density at radius 3 is 2.20 bits per heavy atom. The monoisotopic (exact) mass is 264 g/mol. The molecule has 0 unspecified atom stereocenters. The molecular formula is C16H16N4. The Hall–Kier alpha value is -2.75. The molecule has 0 fully saturated rings. The Labute approximate surface area is 118 Å². The van der Waals surface area contributed by atoms with Crippen LogP contribution in [0.15, 0.2) is 71.4 Å². The lowest BCUT2D eigenvalue weighted by molar-refractivity contribution is 1.25. The van der Waals surface area contributed by atoms with Crippen LogP contribution in [-0.2, 0) is 0 Å². The fourth-order valence-electron chi connectivity index (χ4n) is 1.65. The molecule has 4 heteroatoms. The number of rotatable bonds is 4. The smallest absolute Gasteiger partial charge is 0.174 e. The number of hydrogen-bond donors (Lipinski definition) is 2. The van der Waals surface area contributed by atoms with Crippen LogP contribution in [0.1, 0.15) is 11.1 Å². The van der Waals surface area contributed by atoms with Gasteiger partial charge in [0.2, 0.25) is 0 Å². The molecule has 0 amide bonds. The molecule has 0 aliphatic carbocycles. The lowest BCUT2D eigenvalue weighted by atomic mass is 10.1. The average Bonchev–Trinajstić information content (AvgIpc) is 2.53. The first-order valence-electron chi connectivity index (χ1n) is 6.23. The minimum Gasteiger partial charge on any atom is -0.388 e. The van der Waals surface area contributed by atoms with Crippen LogP contribution in [0.2, 0.25) is 0 Å². The minimum absolute atomic E-state index is 0.124. The molecule has 4 nitrogen and oxygen atoms in total. The third-order valence-electron chi connectivity index (χ3n) is 2.82. The number of nitrogens with one attached hydrogen (secondary N) is 2. The van der Waals surface area contributed by atoms with Gasteiger partial charge in [0.15, 0.2) is 5.84 Å². The molecular weight excluding hydrogens is 248 g/mol. The fourth-order valence-corrected chi connectivity index (χ4v) is 1.65. The largest absolute Gasteiger partial charge is 0.388 e. The van der Waals surface area contributed by atoms with Crippen molar-refractivity contribution < 1.29 is 0 Å². The van der Waals surface area contributed by atoms with Gasteiger partial charge in [-0.15, -0.1) is 10.2 Å². The summed E-state index contributed by atoms with van der Waals surface area (Å²) in [5, 5.41) is 18.8. The molecule has 20 heavy (non-hydrogen) atoms. The zero-order chi connectivity index (χ0) is 14.4. The van der Waals surface area contributed by atoms with Gasteiger partial charge in [0.05, 0.1) is 5.70 Å². The predicted octanol–water partition coefficient (Wildman–Crippen LogP) is 4.18. The molecule has 0 aliphatic heterocycles. The van der Waals surface area contributed by atoms with Crippen LogP contribution in [0.4, 0.5) is 5.69 Å². The molecule has 0 spiro atoms. The number of nitrogens with zero attached hydrogens (tertiary/aromatic N) is 2. The molecule has 0 saturated carbocycles. The van der Waals surface area contributed by atoms with Gasteiger partial charge in [-0.2, -0.15) is 0 Å². The molecule has 0 radical (unpaired) electrons. The summed E-state index contributed by atoms with van der Waals surface area (Å²) >= 11 is 0. The van der Waals surface area contributed by atoms with Crippen LogP contribution < -0.4 is 5.32 Å². The first-order chi connectivity index (χ1) is 9.70. The van der Waals surface area contributed by atoms with Gasteiger partial charge in [-0.25, -0.2) is 0 Å². The fraction of sp³-hybridized carbons (Fsp3) is 0.0625. The van der Waals surface area contributed by atoms with Gasteiger partial charge in [0.25, 0.3) is 0 Å². The highest BCUT2D eigenvalue weighted by molar-refractivity contribution is 5.96. The quantitative estimate of drug-likeness (QED) is 0.486. The maximum Gasteiger partial charge on any atom is 0.174 e. The van der Waals surface area contributed by atoms with Gasteiger partial charge < -0.3 is 5.32 Å². The molecule has 0 saturated heterocycles. The third kappa shape index (κ3) is 3.38. The second-order valence-electron chi connectivity index (χ2n) is 4.19. The van der Waals surface area contributed by atoms with Crippen molar-refractivity contribution in [2.45, 2.75) is 0 Å². The number of benzene rings is 2. The maximum atomic E-state index is 7.84. The van der Waals surface area contributed by atoms with E-state index >= 15 is 0 Å². The summed E-state index contributed by atoms with van der Waals surface area (Å²) in [7, 11) is 1.87. The molecule has 100 valence electrons. The highest BCUT2D eigenvalue weighted by atomic mass is 15.1. The maximum absolute atomic E-state index is 7.84. The van der Waals surface area contributed by atoms with Crippen molar-refractivity contribution in [2.75, 3.05) is 12.4 Å². The van der Waals surface area contributed by atoms with E-state index in [-0.39, 0.29) is 5.84 Å². The van der Waals surface area contributed by atoms with E-state index in [9.17, 15) is 0 Å². The van der Waals surface area contributed by atoms with Crippen LogP contribution in [0.5, 0.6) is 0 Å². The van der Waals surface area contributed by atoms with E-state index in [4.69, 9.17) is 5.41 Å². The average molecular weight is 264 g/mol. The van der Waals surface area contributed by atoms with E-state index in [1.165, 1.54) is 0 Å². The zero-order valence-corrected chi connectivity index (χ0v) is 11.3. The summed E-state index contributed by atoms with van der Waals surface area (Å²) < 4.78 is 0. The van der Waals surface area contributed by atoms with Crippen molar-refractivity contribution in [2.24, 2.45) is 10.2 Å². The first-order valence-corrected chi connectivity index (χ1v) is 6.23. The Morgan fingerprint density at radius 2 is 1.60 bits per heavy atom. The topological polar surface area (TPSA) is 60.6 Å². The minimum atomic E-state index is 0.124. The number of azo groups is 1. The van der Waals surface area contributed by atoms with E-state index in [0.717, 1.165) is 16.8 Å². The van der Waals surface area contributed by atoms with E-state index in [1.54, 1.807) is 0 Å². The van der Waals surface area contributed by atoms with Crippen molar-refractivity contribution in [1.82, 2.24) is 0 Å². The van der Waals surface area contributed by atoms with Gasteiger partial charge in [-0.3, -0.25) is 5.41 Å². The van der Waals surface area contributed by atoms with Crippen molar-refractivity contribution in [3.8, 4) is 0 Å². The molecule has 0 atom stereocenters. The van der Waals surface area contributed by atoms with E-state index in [2.05, 4.69) is 22.1 Å². The van der Waals surface area contributed by atoms with Crippen LogP contribution in [-0.4, -0.2) is 12.9 Å². The lowest BCUT2D eigenvalue weighted by Gasteiger charge is -2.02. The number of amidine groups is 1. The molecule has 2 aromatic carbocycles. The van der Waals surface area contributed by atoms with Crippen LogP contribution in [0.25, 0.3) is 5.70 Å². The van der Waals surface area contributed by atoms with Crippen molar-refractivity contribution in [3.05, 3.63) is 72.3 Å². The lowest BCUT2D eigenvalue weighted by Crippen LogP contribution is -1.93. The van der Waals surface area contributed by atoms with Gasteiger partial charge >= 0.3 is 0 Å². The molecule has 0 bridgehead atoms. The molecule has 2 rings (SSSR count).